The predicted molar refractivity (Wildman–Crippen MR) is 98.4 cm³/mol. The van der Waals surface area contributed by atoms with Crippen molar-refractivity contribution in [1.82, 2.24) is 5.32 Å². The van der Waals surface area contributed by atoms with Gasteiger partial charge in [-0.2, -0.15) is 0 Å². The smallest absolute Gasteiger partial charge is 0.161 e. The molecule has 0 amide bonds. The number of nitrogens with one attached hydrogen (secondary N) is 1. The van der Waals surface area contributed by atoms with E-state index in [1.165, 1.54) is 5.56 Å². The summed E-state index contributed by atoms with van der Waals surface area (Å²) in [7, 11) is 0. The summed E-state index contributed by atoms with van der Waals surface area (Å²) >= 11 is 0. The Morgan fingerprint density at radius 1 is 1.08 bits per heavy atom. The minimum atomic E-state index is -0.000760. The lowest BCUT2D eigenvalue weighted by atomic mass is 10.1. The van der Waals surface area contributed by atoms with Gasteiger partial charge in [0.15, 0.2) is 5.78 Å². The van der Waals surface area contributed by atoms with Crippen LogP contribution in [0.4, 0.5) is 0 Å². The first-order valence-corrected chi connectivity index (χ1v) is 8.35. The van der Waals surface area contributed by atoms with E-state index in [4.69, 9.17) is 4.74 Å². The Balaban J connectivity index is 2.45. The molecule has 0 saturated heterocycles. The Morgan fingerprint density at radius 2 is 1.75 bits per heavy atom. The van der Waals surface area contributed by atoms with Crippen molar-refractivity contribution in [2.45, 2.75) is 46.7 Å². The Bertz CT molecular complexity index is 636. The highest BCUT2D eigenvalue weighted by Gasteiger charge is 2.06. The largest absolute Gasteiger partial charge is 0.361 e. The molecule has 0 aliphatic carbocycles. The summed E-state index contributed by atoms with van der Waals surface area (Å²) in [5.41, 5.74) is 2.17. The fourth-order valence-corrected chi connectivity index (χ4v) is 2.00. The molecule has 1 rings (SSSR count). The van der Waals surface area contributed by atoms with Gasteiger partial charge in [0.2, 0.25) is 0 Å². The van der Waals surface area contributed by atoms with Crippen molar-refractivity contribution < 1.29 is 9.53 Å². The van der Waals surface area contributed by atoms with Crippen molar-refractivity contribution in [2.24, 2.45) is 5.92 Å². The zero-order chi connectivity index (χ0) is 17.9. The van der Waals surface area contributed by atoms with E-state index in [1.54, 1.807) is 0 Å². The summed E-state index contributed by atoms with van der Waals surface area (Å²) in [6.07, 6.45) is 0. The van der Waals surface area contributed by atoms with Crippen molar-refractivity contribution in [3.05, 3.63) is 35.4 Å². The highest BCUT2D eigenvalue weighted by molar-refractivity contribution is 5.81. The summed E-state index contributed by atoms with van der Waals surface area (Å²) < 4.78 is 5.18. The van der Waals surface area contributed by atoms with Crippen LogP contribution < -0.4 is 5.32 Å². The topological polar surface area (TPSA) is 38.3 Å². The second-order valence-electron chi connectivity index (χ2n) is 6.33. The number of benzene rings is 1. The van der Waals surface area contributed by atoms with Crippen molar-refractivity contribution in [3.63, 3.8) is 0 Å². The normalized spacial score (nSPS) is 11.5. The lowest BCUT2D eigenvalue weighted by molar-refractivity contribution is -0.126. The van der Waals surface area contributed by atoms with Gasteiger partial charge in [0.1, 0.15) is 13.2 Å². The van der Waals surface area contributed by atoms with Gasteiger partial charge in [-0.05, 0) is 36.5 Å². The van der Waals surface area contributed by atoms with Crippen molar-refractivity contribution in [3.8, 4) is 23.7 Å². The number of ketones is 1. The number of rotatable bonds is 7. The van der Waals surface area contributed by atoms with Crippen LogP contribution in [-0.2, 0) is 9.53 Å². The van der Waals surface area contributed by atoms with E-state index in [0.29, 0.717) is 12.1 Å². The molecule has 24 heavy (non-hydrogen) atoms. The minimum Gasteiger partial charge on any atom is -0.361 e. The summed E-state index contributed by atoms with van der Waals surface area (Å²) in [5, 5.41) is 3.47. The van der Waals surface area contributed by atoms with E-state index in [2.05, 4.69) is 61.9 Å². The van der Waals surface area contributed by atoms with Gasteiger partial charge in [-0.25, -0.2) is 0 Å². The first kappa shape index (κ1) is 20.0. The average Bonchev–Trinajstić information content (AvgIpc) is 2.53. The summed E-state index contributed by atoms with van der Waals surface area (Å²) in [5.74, 6) is 11.4. The SMILES string of the molecule is CC(C)N[C@H](C)c1ccc(C#CC#CCOCC(=O)C(C)C)cc1. The molecule has 0 heterocycles. The molecule has 1 aromatic carbocycles. The Labute approximate surface area is 146 Å². The van der Waals surface area contributed by atoms with Crippen molar-refractivity contribution >= 4 is 5.78 Å². The molecule has 1 N–H and O–H groups in total. The third kappa shape index (κ3) is 7.97. The molecule has 0 aliphatic heterocycles. The van der Waals surface area contributed by atoms with Crippen LogP contribution in [0.15, 0.2) is 24.3 Å². The molecule has 128 valence electrons. The molecule has 0 radical (unpaired) electrons. The second kappa shape index (κ2) is 10.7. The van der Waals surface area contributed by atoms with Crippen molar-refractivity contribution in [2.75, 3.05) is 13.2 Å². The maximum Gasteiger partial charge on any atom is 0.161 e. The molecular weight excluding hydrogens is 298 g/mol. The number of Topliss-reactive ketones (excluding diaryl/α,β-unsaturated/α-hetero) is 1. The molecule has 3 heteroatoms. The van der Waals surface area contributed by atoms with Gasteiger partial charge in [0.25, 0.3) is 0 Å². The van der Waals surface area contributed by atoms with E-state index in [0.717, 1.165) is 5.56 Å². The molecule has 0 spiro atoms. The number of carbonyl (C=O) groups excluding carboxylic acids is 1. The maximum absolute atomic E-state index is 11.3. The van der Waals surface area contributed by atoms with Crippen LogP contribution in [0, 0.1) is 29.6 Å². The first-order valence-electron chi connectivity index (χ1n) is 8.35. The highest BCUT2D eigenvalue weighted by atomic mass is 16.5. The molecule has 0 unspecified atom stereocenters. The molecule has 3 nitrogen and oxygen atoms in total. The zero-order valence-electron chi connectivity index (χ0n) is 15.3. The van der Waals surface area contributed by atoms with E-state index >= 15 is 0 Å². The van der Waals surface area contributed by atoms with E-state index in [1.807, 2.05) is 26.0 Å². The van der Waals surface area contributed by atoms with Gasteiger partial charge >= 0.3 is 0 Å². The van der Waals surface area contributed by atoms with Crippen LogP contribution in [0.5, 0.6) is 0 Å². The van der Waals surface area contributed by atoms with Gasteiger partial charge < -0.3 is 10.1 Å². The van der Waals surface area contributed by atoms with Crippen molar-refractivity contribution in [1.29, 1.82) is 0 Å². The maximum atomic E-state index is 11.3. The molecule has 0 aliphatic rings. The minimum absolute atomic E-state index is 0.000760. The highest BCUT2D eigenvalue weighted by Crippen LogP contribution is 2.13. The number of carbonyl (C=O) groups is 1. The van der Waals surface area contributed by atoms with Crippen LogP contribution in [0.3, 0.4) is 0 Å². The number of hydrogen-bond donors (Lipinski definition) is 1. The van der Waals surface area contributed by atoms with Crippen LogP contribution in [-0.4, -0.2) is 25.0 Å². The van der Waals surface area contributed by atoms with Gasteiger partial charge in [0, 0.05) is 23.6 Å². The quantitative estimate of drug-likeness (QED) is 0.617. The lowest BCUT2D eigenvalue weighted by Gasteiger charge is -2.17. The molecule has 0 fully saturated rings. The average molecular weight is 325 g/mol. The fraction of sp³-hybridized carbons (Fsp3) is 0.476. The molecule has 1 atom stereocenters. The molecular formula is C21H27NO2. The van der Waals surface area contributed by atoms with E-state index in [9.17, 15) is 4.79 Å². The lowest BCUT2D eigenvalue weighted by Crippen LogP contribution is -2.25. The number of ether oxygens (including phenoxy) is 1. The first-order chi connectivity index (χ1) is 11.4. The Hall–Kier alpha value is -2.07. The monoisotopic (exact) mass is 325 g/mol. The predicted octanol–water partition coefficient (Wildman–Crippen LogP) is 3.34. The van der Waals surface area contributed by atoms with Gasteiger partial charge in [0.05, 0.1) is 0 Å². The summed E-state index contributed by atoms with van der Waals surface area (Å²) in [6, 6.07) is 8.93. The van der Waals surface area contributed by atoms with Gasteiger partial charge in [-0.15, -0.1) is 0 Å². The third-order valence-electron chi connectivity index (χ3n) is 3.41. The number of hydrogen-bond acceptors (Lipinski definition) is 3. The zero-order valence-corrected chi connectivity index (χ0v) is 15.3. The standard InChI is InChI=1S/C21H27NO2/c1-16(2)21(23)15-24-14-8-6-7-9-19-10-12-20(13-11-19)18(5)22-17(3)4/h10-13,16-18,22H,14-15H2,1-5H3/t18-/m1/s1. The Morgan fingerprint density at radius 3 is 2.33 bits per heavy atom. The molecule has 1 aromatic rings. The Kier molecular flexibility index (Phi) is 8.87. The summed E-state index contributed by atoms with van der Waals surface area (Å²) in [4.78, 5) is 11.3. The second-order valence-corrected chi connectivity index (χ2v) is 6.33. The van der Waals surface area contributed by atoms with E-state index in [-0.39, 0.29) is 24.9 Å². The van der Waals surface area contributed by atoms with Gasteiger partial charge in [-0.3, -0.25) is 4.79 Å². The van der Waals surface area contributed by atoms with Crippen LogP contribution >= 0.6 is 0 Å². The van der Waals surface area contributed by atoms with Crippen LogP contribution in [0.25, 0.3) is 0 Å². The summed E-state index contributed by atoms with van der Waals surface area (Å²) in [6.45, 7) is 10.5. The third-order valence-corrected chi connectivity index (χ3v) is 3.41. The van der Waals surface area contributed by atoms with Crippen LogP contribution in [0.2, 0.25) is 0 Å². The molecule has 0 saturated carbocycles. The van der Waals surface area contributed by atoms with E-state index < -0.39 is 0 Å². The molecule has 0 bridgehead atoms. The van der Waals surface area contributed by atoms with Gasteiger partial charge in [-0.1, -0.05) is 51.7 Å². The fourth-order valence-electron chi connectivity index (χ4n) is 2.00. The van der Waals surface area contributed by atoms with Crippen LogP contribution in [0.1, 0.15) is 51.8 Å². The molecule has 0 aromatic heterocycles.